The highest BCUT2D eigenvalue weighted by Gasteiger charge is 2.38. The Labute approximate surface area is 184 Å². The summed E-state index contributed by atoms with van der Waals surface area (Å²) in [5, 5.41) is 13.4. The molecule has 0 aliphatic rings. The Morgan fingerprint density at radius 1 is 1.22 bits per heavy atom. The van der Waals surface area contributed by atoms with Crippen LogP contribution in [0.4, 0.5) is 23.7 Å². The van der Waals surface area contributed by atoms with Gasteiger partial charge in [0.15, 0.2) is 5.76 Å². The molecule has 3 aromatic rings. The number of hydrogen-bond donors (Lipinski definition) is 3. The first-order valence-corrected chi connectivity index (χ1v) is 9.37. The molecule has 0 saturated carbocycles. The lowest BCUT2D eigenvalue weighted by Crippen LogP contribution is -2.28. The van der Waals surface area contributed by atoms with Crippen molar-refractivity contribution < 1.29 is 37.3 Å². The van der Waals surface area contributed by atoms with Crippen molar-refractivity contribution in [3.05, 3.63) is 59.3 Å². The largest absolute Gasteiger partial charge is 0.475 e. The van der Waals surface area contributed by atoms with E-state index >= 15 is 0 Å². The highest BCUT2D eigenvalue weighted by Crippen LogP contribution is 2.34. The minimum absolute atomic E-state index is 0.0427. The molecule has 13 heteroatoms. The molecule has 0 spiro atoms. The normalized spacial score (nSPS) is 11.3. The van der Waals surface area contributed by atoms with Crippen LogP contribution in [0, 0.1) is 0 Å². The number of halogens is 4. The molecule has 0 saturated heterocycles. The molecule has 9 nitrogen and oxygen atoms in total. The van der Waals surface area contributed by atoms with Crippen molar-refractivity contribution in [3.8, 4) is 17.1 Å². The Kier molecular flexibility index (Phi) is 7.51. The Hall–Kier alpha value is -3.35. The Morgan fingerprint density at radius 3 is 2.69 bits per heavy atom. The van der Waals surface area contributed by atoms with Crippen LogP contribution in [0.5, 0.6) is 5.88 Å². The molecule has 0 unspecified atom stereocenters. The second-order valence-electron chi connectivity index (χ2n) is 6.17. The van der Waals surface area contributed by atoms with E-state index in [-0.39, 0.29) is 37.1 Å². The SMILES string of the molecule is O=C(NCc1oc(C(F)(F)F)nc1-c1cccc(Cl)c1)Nc1ccc(OCCOO)nc1. The number of pyridine rings is 1. The van der Waals surface area contributed by atoms with Crippen LogP contribution < -0.4 is 15.4 Å². The summed E-state index contributed by atoms with van der Waals surface area (Å²) in [4.78, 5) is 23.5. The smallest absolute Gasteiger partial charge is 0.468 e. The van der Waals surface area contributed by atoms with E-state index in [9.17, 15) is 18.0 Å². The van der Waals surface area contributed by atoms with Gasteiger partial charge in [-0.25, -0.2) is 19.7 Å². The summed E-state index contributed by atoms with van der Waals surface area (Å²) in [5.41, 5.74) is 0.521. The number of rotatable bonds is 8. The Bertz CT molecular complexity index is 1060. The summed E-state index contributed by atoms with van der Waals surface area (Å²) in [6, 6.07) is 8.33. The van der Waals surface area contributed by atoms with Crippen molar-refractivity contribution in [1.82, 2.24) is 15.3 Å². The van der Waals surface area contributed by atoms with Gasteiger partial charge in [-0.2, -0.15) is 13.2 Å². The van der Waals surface area contributed by atoms with Crippen LogP contribution in [0.3, 0.4) is 0 Å². The maximum absolute atomic E-state index is 13.1. The summed E-state index contributed by atoms with van der Waals surface area (Å²) in [7, 11) is 0. The molecule has 0 aliphatic heterocycles. The number of oxazole rings is 1. The van der Waals surface area contributed by atoms with Crippen LogP contribution in [0.25, 0.3) is 11.3 Å². The predicted octanol–water partition coefficient (Wildman–Crippen LogP) is 4.60. The third-order valence-corrected chi connectivity index (χ3v) is 4.10. The van der Waals surface area contributed by atoms with Crippen LogP contribution in [0.15, 0.2) is 47.0 Å². The lowest BCUT2D eigenvalue weighted by atomic mass is 10.1. The maximum Gasteiger partial charge on any atom is 0.468 e. The van der Waals surface area contributed by atoms with E-state index in [1.807, 2.05) is 0 Å². The maximum atomic E-state index is 13.1. The molecule has 0 atom stereocenters. The molecule has 1 aromatic carbocycles. The van der Waals surface area contributed by atoms with Gasteiger partial charge in [-0.15, -0.1) is 0 Å². The molecule has 32 heavy (non-hydrogen) atoms. The van der Waals surface area contributed by atoms with Crippen molar-refractivity contribution in [2.45, 2.75) is 12.7 Å². The second-order valence-corrected chi connectivity index (χ2v) is 6.61. The number of carbonyl (C=O) groups excluding carboxylic acids is 1. The first-order valence-electron chi connectivity index (χ1n) is 8.99. The average molecular weight is 473 g/mol. The monoisotopic (exact) mass is 472 g/mol. The summed E-state index contributed by atoms with van der Waals surface area (Å²) < 4.78 is 49.2. The lowest BCUT2D eigenvalue weighted by Gasteiger charge is -2.08. The topological polar surface area (TPSA) is 119 Å². The zero-order chi connectivity index (χ0) is 23.1. The fourth-order valence-corrected chi connectivity index (χ4v) is 2.70. The molecular weight excluding hydrogens is 457 g/mol. The van der Waals surface area contributed by atoms with Gasteiger partial charge in [0.2, 0.25) is 5.88 Å². The number of amides is 2. The van der Waals surface area contributed by atoms with Gasteiger partial charge in [0.1, 0.15) is 18.9 Å². The minimum Gasteiger partial charge on any atom is -0.475 e. The van der Waals surface area contributed by atoms with Crippen LogP contribution in [0.1, 0.15) is 11.7 Å². The zero-order valence-corrected chi connectivity index (χ0v) is 16.9. The highest BCUT2D eigenvalue weighted by molar-refractivity contribution is 6.30. The van der Waals surface area contributed by atoms with Crippen LogP contribution in [-0.4, -0.2) is 34.5 Å². The molecular formula is C19H16ClF3N4O5. The standard InChI is InChI=1S/C19H16ClF3N4O5/c20-12-3-1-2-11(8-12)16-14(32-17(27-16)19(21,22)23)10-25-18(28)26-13-4-5-15(24-9-13)30-6-7-31-29/h1-5,8-9,29H,6-7,10H2,(H2,25,26,28). The summed E-state index contributed by atoms with van der Waals surface area (Å²) in [6.07, 6.45) is -3.49. The van der Waals surface area contributed by atoms with Gasteiger partial charge in [-0.3, -0.25) is 5.26 Å². The molecule has 0 radical (unpaired) electrons. The first-order chi connectivity index (χ1) is 15.3. The first kappa shape index (κ1) is 23.3. The molecule has 0 fully saturated rings. The summed E-state index contributed by atoms with van der Waals surface area (Å²) in [6.45, 7) is -0.339. The third kappa shape index (κ3) is 6.33. The van der Waals surface area contributed by atoms with Gasteiger partial charge in [-0.1, -0.05) is 23.7 Å². The van der Waals surface area contributed by atoms with Crippen LogP contribution in [-0.2, 0) is 17.6 Å². The molecule has 3 rings (SSSR count). The predicted molar refractivity (Wildman–Crippen MR) is 106 cm³/mol. The number of nitrogens with one attached hydrogen (secondary N) is 2. The number of ether oxygens (including phenoxy) is 1. The van der Waals surface area contributed by atoms with Gasteiger partial charge in [0.25, 0.3) is 0 Å². The molecule has 0 bridgehead atoms. The molecule has 2 aromatic heterocycles. The van der Waals surface area contributed by atoms with Crippen LogP contribution in [0.2, 0.25) is 5.02 Å². The van der Waals surface area contributed by atoms with Crippen molar-refractivity contribution in [3.63, 3.8) is 0 Å². The third-order valence-electron chi connectivity index (χ3n) is 3.87. The molecule has 170 valence electrons. The molecule has 0 aliphatic carbocycles. The van der Waals surface area contributed by atoms with Crippen molar-refractivity contribution in [2.75, 3.05) is 18.5 Å². The zero-order valence-electron chi connectivity index (χ0n) is 16.1. The number of hydrogen-bond acceptors (Lipinski definition) is 7. The Balaban J connectivity index is 1.66. The number of nitrogens with zero attached hydrogens (tertiary/aromatic N) is 2. The summed E-state index contributed by atoms with van der Waals surface area (Å²) in [5.74, 6) is -1.39. The van der Waals surface area contributed by atoms with E-state index in [0.29, 0.717) is 16.3 Å². The molecule has 3 N–H and O–H groups in total. The number of anilines is 1. The highest BCUT2D eigenvalue weighted by atomic mass is 35.5. The fraction of sp³-hybridized carbons (Fsp3) is 0.211. The van der Waals surface area contributed by atoms with E-state index < -0.39 is 18.1 Å². The van der Waals surface area contributed by atoms with E-state index in [1.54, 1.807) is 12.1 Å². The van der Waals surface area contributed by atoms with Crippen LogP contribution >= 0.6 is 11.6 Å². The van der Waals surface area contributed by atoms with Gasteiger partial charge in [0.05, 0.1) is 18.4 Å². The van der Waals surface area contributed by atoms with E-state index in [4.69, 9.17) is 26.0 Å². The van der Waals surface area contributed by atoms with E-state index in [1.165, 1.54) is 30.5 Å². The van der Waals surface area contributed by atoms with Crippen molar-refractivity contribution in [1.29, 1.82) is 0 Å². The second kappa shape index (κ2) is 10.3. The van der Waals surface area contributed by atoms with Crippen molar-refractivity contribution >= 4 is 23.3 Å². The van der Waals surface area contributed by atoms with Crippen molar-refractivity contribution in [2.24, 2.45) is 0 Å². The van der Waals surface area contributed by atoms with Gasteiger partial charge < -0.3 is 19.8 Å². The number of urea groups is 1. The number of benzene rings is 1. The number of carbonyl (C=O) groups is 1. The molecule has 2 amide bonds. The van der Waals surface area contributed by atoms with Gasteiger partial charge in [-0.05, 0) is 18.2 Å². The van der Waals surface area contributed by atoms with Gasteiger partial charge in [0, 0.05) is 16.7 Å². The average Bonchev–Trinajstić information content (AvgIpc) is 3.19. The summed E-state index contributed by atoms with van der Waals surface area (Å²) >= 11 is 5.92. The van der Waals surface area contributed by atoms with E-state index in [2.05, 4.69) is 25.5 Å². The van der Waals surface area contributed by atoms with Gasteiger partial charge >= 0.3 is 18.1 Å². The lowest BCUT2D eigenvalue weighted by molar-refractivity contribution is -0.245. The molecule has 2 heterocycles. The minimum atomic E-state index is -4.80. The Morgan fingerprint density at radius 2 is 2.03 bits per heavy atom. The quantitative estimate of drug-likeness (QED) is 0.249. The van der Waals surface area contributed by atoms with E-state index in [0.717, 1.165) is 0 Å². The fourth-order valence-electron chi connectivity index (χ4n) is 2.51. The number of alkyl halides is 3. The number of aromatic nitrogens is 2.